The van der Waals surface area contributed by atoms with E-state index >= 15 is 0 Å². The van der Waals surface area contributed by atoms with E-state index in [1.54, 1.807) is 6.20 Å². The minimum Gasteiger partial charge on any atom is -0.369 e. The van der Waals surface area contributed by atoms with Gasteiger partial charge in [0.15, 0.2) is 0 Å². The minimum atomic E-state index is -0.159. The molecule has 0 spiro atoms. The van der Waals surface area contributed by atoms with Crippen molar-refractivity contribution in [2.45, 2.75) is 38.3 Å². The van der Waals surface area contributed by atoms with Crippen LogP contribution < -0.4 is 11.1 Å². The lowest BCUT2D eigenvalue weighted by Gasteiger charge is -2.27. The number of carbonyl (C=O) groups is 1. The maximum absolute atomic E-state index is 11.1. The number of amides is 1. The molecule has 0 bridgehead atoms. The van der Waals surface area contributed by atoms with E-state index in [9.17, 15) is 4.79 Å². The van der Waals surface area contributed by atoms with E-state index in [0.29, 0.717) is 6.04 Å². The Kier molecular flexibility index (Phi) is 3.56. The highest BCUT2D eigenvalue weighted by Crippen LogP contribution is 2.24. The van der Waals surface area contributed by atoms with Crippen molar-refractivity contribution in [3.8, 4) is 0 Å². The van der Waals surface area contributed by atoms with Gasteiger partial charge in [0, 0.05) is 30.4 Å². The zero-order valence-electron chi connectivity index (χ0n) is 9.28. The molecule has 1 aliphatic rings. The fraction of sp³-hybridized carbons (Fsp3) is 0.636. The molecule has 16 heavy (non-hydrogen) atoms. The van der Waals surface area contributed by atoms with Crippen LogP contribution in [0.3, 0.4) is 0 Å². The SMILES string of the molecule is NC(=O)C1CCCC(NCc2ccn[nH]2)C1. The van der Waals surface area contributed by atoms with E-state index in [1.165, 1.54) is 0 Å². The molecule has 1 aromatic heterocycles. The summed E-state index contributed by atoms with van der Waals surface area (Å²) in [6.07, 6.45) is 5.75. The molecule has 4 N–H and O–H groups in total. The number of nitrogens with one attached hydrogen (secondary N) is 2. The Morgan fingerprint density at radius 3 is 3.19 bits per heavy atom. The van der Waals surface area contributed by atoms with Gasteiger partial charge >= 0.3 is 0 Å². The standard InChI is InChI=1S/C11H18N4O/c12-11(16)8-2-1-3-9(6-8)13-7-10-4-5-14-15-10/h4-5,8-9,13H,1-3,6-7H2,(H2,12,16)(H,14,15). The van der Waals surface area contributed by atoms with Crippen molar-refractivity contribution < 1.29 is 4.79 Å². The number of H-pyrrole nitrogens is 1. The first kappa shape index (κ1) is 11.1. The average molecular weight is 222 g/mol. The maximum atomic E-state index is 11.1. The maximum Gasteiger partial charge on any atom is 0.220 e. The number of hydrogen-bond donors (Lipinski definition) is 3. The van der Waals surface area contributed by atoms with Gasteiger partial charge in [0.2, 0.25) is 5.91 Å². The topological polar surface area (TPSA) is 83.8 Å². The highest BCUT2D eigenvalue weighted by atomic mass is 16.1. The molecule has 1 saturated carbocycles. The van der Waals surface area contributed by atoms with Gasteiger partial charge in [-0.05, 0) is 25.3 Å². The Hall–Kier alpha value is -1.36. The summed E-state index contributed by atoms with van der Waals surface area (Å²) in [6.45, 7) is 0.774. The molecule has 1 fully saturated rings. The van der Waals surface area contributed by atoms with E-state index in [-0.39, 0.29) is 11.8 Å². The monoisotopic (exact) mass is 222 g/mol. The molecule has 2 unspecified atom stereocenters. The molecular formula is C11H18N4O. The number of carbonyl (C=O) groups excluding carboxylic acids is 1. The third-order valence-corrected chi connectivity index (χ3v) is 3.22. The van der Waals surface area contributed by atoms with Crippen LogP contribution in [0.5, 0.6) is 0 Å². The van der Waals surface area contributed by atoms with Gasteiger partial charge in [0.1, 0.15) is 0 Å². The second-order valence-corrected chi connectivity index (χ2v) is 4.43. The second kappa shape index (κ2) is 5.12. The molecule has 2 atom stereocenters. The highest BCUT2D eigenvalue weighted by Gasteiger charge is 2.25. The quantitative estimate of drug-likeness (QED) is 0.695. The van der Waals surface area contributed by atoms with E-state index in [2.05, 4.69) is 15.5 Å². The number of hydrogen-bond acceptors (Lipinski definition) is 3. The van der Waals surface area contributed by atoms with Gasteiger partial charge in [0.05, 0.1) is 0 Å². The molecule has 0 saturated heterocycles. The Morgan fingerprint density at radius 1 is 1.62 bits per heavy atom. The Bertz CT molecular complexity index is 336. The fourth-order valence-electron chi connectivity index (χ4n) is 2.27. The average Bonchev–Trinajstić information content (AvgIpc) is 2.79. The zero-order chi connectivity index (χ0) is 11.4. The Balaban J connectivity index is 1.79. The summed E-state index contributed by atoms with van der Waals surface area (Å²) < 4.78 is 0. The summed E-state index contributed by atoms with van der Waals surface area (Å²) >= 11 is 0. The molecule has 1 aromatic rings. The third-order valence-electron chi connectivity index (χ3n) is 3.22. The Labute approximate surface area is 94.8 Å². The van der Waals surface area contributed by atoms with Crippen molar-refractivity contribution >= 4 is 5.91 Å². The number of primary amides is 1. The van der Waals surface area contributed by atoms with Crippen LogP contribution in [-0.2, 0) is 11.3 Å². The van der Waals surface area contributed by atoms with Crippen LogP contribution in [0.25, 0.3) is 0 Å². The molecule has 0 aromatic carbocycles. The zero-order valence-corrected chi connectivity index (χ0v) is 9.28. The smallest absolute Gasteiger partial charge is 0.220 e. The first-order chi connectivity index (χ1) is 7.75. The lowest BCUT2D eigenvalue weighted by Crippen LogP contribution is -2.38. The van der Waals surface area contributed by atoms with Gasteiger partial charge in [-0.3, -0.25) is 9.89 Å². The van der Waals surface area contributed by atoms with Crippen molar-refractivity contribution in [2.24, 2.45) is 11.7 Å². The molecular weight excluding hydrogens is 204 g/mol. The molecule has 1 heterocycles. The van der Waals surface area contributed by atoms with Crippen LogP contribution in [-0.4, -0.2) is 22.1 Å². The molecule has 0 aliphatic heterocycles. The summed E-state index contributed by atoms with van der Waals surface area (Å²) in [5, 5.41) is 10.2. The van der Waals surface area contributed by atoms with E-state index in [0.717, 1.165) is 37.9 Å². The van der Waals surface area contributed by atoms with Crippen molar-refractivity contribution in [3.63, 3.8) is 0 Å². The lowest BCUT2D eigenvalue weighted by molar-refractivity contribution is -0.122. The minimum absolute atomic E-state index is 0.0491. The molecule has 0 radical (unpaired) electrons. The van der Waals surface area contributed by atoms with Gasteiger partial charge in [-0.1, -0.05) is 6.42 Å². The van der Waals surface area contributed by atoms with Crippen molar-refractivity contribution in [2.75, 3.05) is 0 Å². The molecule has 1 amide bonds. The predicted molar refractivity (Wildman–Crippen MR) is 60.4 cm³/mol. The highest BCUT2D eigenvalue weighted by molar-refractivity contribution is 5.76. The number of rotatable bonds is 4. The number of aromatic amines is 1. The first-order valence-electron chi connectivity index (χ1n) is 5.76. The predicted octanol–water partition coefficient (Wildman–Crippen LogP) is 0.543. The Morgan fingerprint density at radius 2 is 2.50 bits per heavy atom. The first-order valence-corrected chi connectivity index (χ1v) is 5.76. The van der Waals surface area contributed by atoms with Gasteiger partial charge < -0.3 is 11.1 Å². The number of nitrogens with two attached hydrogens (primary N) is 1. The molecule has 2 rings (SSSR count). The summed E-state index contributed by atoms with van der Waals surface area (Å²) in [7, 11) is 0. The molecule has 5 heteroatoms. The summed E-state index contributed by atoms with van der Waals surface area (Å²) in [5.41, 5.74) is 6.41. The van der Waals surface area contributed by atoms with Gasteiger partial charge in [-0.2, -0.15) is 5.10 Å². The van der Waals surface area contributed by atoms with E-state index in [1.807, 2.05) is 6.07 Å². The van der Waals surface area contributed by atoms with Crippen LogP contribution in [0.1, 0.15) is 31.4 Å². The summed E-state index contributed by atoms with van der Waals surface area (Å²) in [4.78, 5) is 11.1. The molecule has 88 valence electrons. The molecule has 5 nitrogen and oxygen atoms in total. The van der Waals surface area contributed by atoms with Crippen LogP contribution in [0.15, 0.2) is 12.3 Å². The third kappa shape index (κ3) is 2.82. The second-order valence-electron chi connectivity index (χ2n) is 4.43. The van der Waals surface area contributed by atoms with Crippen molar-refractivity contribution in [3.05, 3.63) is 18.0 Å². The van der Waals surface area contributed by atoms with Crippen LogP contribution in [0, 0.1) is 5.92 Å². The summed E-state index contributed by atoms with van der Waals surface area (Å²) in [5.74, 6) is -0.110. The largest absolute Gasteiger partial charge is 0.369 e. The fourth-order valence-corrected chi connectivity index (χ4v) is 2.27. The van der Waals surface area contributed by atoms with Crippen LogP contribution in [0.4, 0.5) is 0 Å². The molecule has 1 aliphatic carbocycles. The van der Waals surface area contributed by atoms with Crippen molar-refractivity contribution in [1.29, 1.82) is 0 Å². The van der Waals surface area contributed by atoms with Gasteiger partial charge in [0.25, 0.3) is 0 Å². The number of nitrogens with zero attached hydrogens (tertiary/aromatic N) is 1. The lowest BCUT2D eigenvalue weighted by atomic mass is 9.85. The number of aromatic nitrogens is 2. The summed E-state index contributed by atoms with van der Waals surface area (Å²) in [6, 6.07) is 2.34. The van der Waals surface area contributed by atoms with Gasteiger partial charge in [-0.25, -0.2) is 0 Å². The van der Waals surface area contributed by atoms with Crippen molar-refractivity contribution in [1.82, 2.24) is 15.5 Å². The van der Waals surface area contributed by atoms with Gasteiger partial charge in [-0.15, -0.1) is 0 Å². The van der Waals surface area contributed by atoms with Crippen LogP contribution in [0.2, 0.25) is 0 Å². The van der Waals surface area contributed by atoms with E-state index in [4.69, 9.17) is 5.73 Å². The van der Waals surface area contributed by atoms with Crippen LogP contribution >= 0.6 is 0 Å². The normalized spacial score (nSPS) is 25.5. The van der Waals surface area contributed by atoms with E-state index < -0.39 is 0 Å².